The van der Waals surface area contributed by atoms with Gasteiger partial charge in [0.05, 0.1) is 30.2 Å². The van der Waals surface area contributed by atoms with Gasteiger partial charge in [0.2, 0.25) is 5.88 Å². The van der Waals surface area contributed by atoms with Crippen molar-refractivity contribution in [2.24, 2.45) is 0 Å². The standard InChI is InChI=1S/C22H23F2N5O3.C2H6/c1-22(31,21(23)24)15-8-9-25-19(13-15)32-16-5-4-12-28(14-16)20(30)17-6-2-3-7-18(17)29-26-10-11-27-29;1-2/h2-3,6-11,13,16,21,31H,4-5,12,14H2,1H3;1-2H3. The van der Waals surface area contributed by atoms with Gasteiger partial charge in [-0.2, -0.15) is 15.0 Å². The van der Waals surface area contributed by atoms with Crippen LogP contribution in [-0.2, 0) is 5.60 Å². The van der Waals surface area contributed by atoms with Crippen molar-refractivity contribution in [1.82, 2.24) is 24.9 Å². The highest BCUT2D eigenvalue weighted by molar-refractivity contribution is 5.97. The number of nitrogens with zero attached hydrogens (tertiary/aromatic N) is 5. The summed E-state index contributed by atoms with van der Waals surface area (Å²) in [6.07, 6.45) is 2.49. The minimum atomic E-state index is -2.95. The largest absolute Gasteiger partial charge is 0.472 e. The van der Waals surface area contributed by atoms with E-state index in [9.17, 15) is 18.7 Å². The predicted molar refractivity (Wildman–Crippen MR) is 122 cm³/mol. The lowest BCUT2D eigenvalue weighted by Gasteiger charge is -2.33. The highest BCUT2D eigenvalue weighted by Gasteiger charge is 2.35. The molecule has 3 heterocycles. The van der Waals surface area contributed by atoms with Crippen molar-refractivity contribution in [3.8, 4) is 11.6 Å². The lowest BCUT2D eigenvalue weighted by molar-refractivity contribution is -0.0885. The quantitative estimate of drug-likeness (QED) is 0.585. The molecule has 1 N–H and O–H groups in total. The van der Waals surface area contributed by atoms with E-state index in [0.717, 1.165) is 6.92 Å². The molecule has 34 heavy (non-hydrogen) atoms. The highest BCUT2D eigenvalue weighted by atomic mass is 19.3. The summed E-state index contributed by atoms with van der Waals surface area (Å²) in [6, 6.07) is 9.73. The zero-order valence-corrected chi connectivity index (χ0v) is 19.4. The number of carbonyl (C=O) groups excluding carboxylic acids is 1. The molecule has 0 saturated carbocycles. The monoisotopic (exact) mass is 473 g/mol. The highest BCUT2D eigenvalue weighted by Crippen LogP contribution is 2.30. The second-order valence-electron chi connectivity index (χ2n) is 7.80. The summed E-state index contributed by atoms with van der Waals surface area (Å²) < 4.78 is 32.2. The summed E-state index contributed by atoms with van der Waals surface area (Å²) in [7, 11) is 0. The van der Waals surface area contributed by atoms with E-state index < -0.39 is 12.0 Å². The van der Waals surface area contributed by atoms with Gasteiger partial charge in [-0.25, -0.2) is 13.8 Å². The third kappa shape index (κ3) is 5.56. The number of piperidine rings is 1. The first-order valence-corrected chi connectivity index (χ1v) is 11.2. The van der Waals surface area contributed by atoms with Crippen LogP contribution in [0.2, 0.25) is 0 Å². The Hall–Kier alpha value is -3.40. The third-order valence-corrected chi connectivity index (χ3v) is 5.47. The zero-order chi connectivity index (χ0) is 24.7. The van der Waals surface area contributed by atoms with Crippen molar-refractivity contribution < 1.29 is 23.4 Å². The number of benzene rings is 1. The molecule has 2 atom stereocenters. The maximum Gasteiger partial charge on any atom is 0.270 e. The van der Waals surface area contributed by atoms with Crippen LogP contribution in [0.4, 0.5) is 8.78 Å². The SMILES string of the molecule is CC.CC(O)(c1ccnc(OC2CCCN(C(=O)c3ccccc3-n3nccn3)C2)c1)C(F)F. The summed E-state index contributed by atoms with van der Waals surface area (Å²) in [4.78, 5) is 20.4. The Balaban J connectivity index is 0.00000158. The number of aromatic nitrogens is 4. The van der Waals surface area contributed by atoms with Crippen molar-refractivity contribution in [1.29, 1.82) is 0 Å². The third-order valence-electron chi connectivity index (χ3n) is 5.47. The van der Waals surface area contributed by atoms with E-state index in [1.807, 2.05) is 19.9 Å². The van der Waals surface area contributed by atoms with Crippen molar-refractivity contribution in [3.63, 3.8) is 0 Å². The average Bonchev–Trinajstić information content (AvgIpc) is 3.40. The fourth-order valence-electron chi connectivity index (χ4n) is 3.64. The van der Waals surface area contributed by atoms with Crippen LogP contribution in [0.25, 0.3) is 5.69 Å². The summed E-state index contributed by atoms with van der Waals surface area (Å²) >= 11 is 0. The molecule has 1 aliphatic heterocycles. The molecule has 0 aliphatic carbocycles. The van der Waals surface area contributed by atoms with E-state index in [0.29, 0.717) is 37.2 Å². The van der Waals surface area contributed by atoms with Crippen LogP contribution in [0.5, 0.6) is 5.88 Å². The molecule has 1 saturated heterocycles. The van der Waals surface area contributed by atoms with Crippen molar-refractivity contribution in [2.75, 3.05) is 13.1 Å². The van der Waals surface area contributed by atoms with Crippen molar-refractivity contribution in [3.05, 3.63) is 66.1 Å². The first-order valence-electron chi connectivity index (χ1n) is 11.2. The van der Waals surface area contributed by atoms with Gasteiger partial charge in [0.15, 0.2) is 0 Å². The van der Waals surface area contributed by atoms with Gasteiger partial charge < -0.3 is 14.7 Å². The number of ether oxygens (including phenoxy) is 1. The molecular weight excluding hydrogens is 444 g/mol. The fraction of sp³-hybridized carbons (Fsp3) is 0.417. The van der Waals surface area contributed by atoms with Crippen LogP contribution in [0.3, 0.4) is 0 Å². The van der Waals surface area contributed by atoms with Crippen LogP contribution >= 0.6 is 0 Å². The summed E-state index contributed by atoms with van der Waals surface area (Å²) in [5, 5.41) is 18.3. The molecule has 10 heteroatoms. The smallest absolute Gasteiger partial charge is 0.270 e. The summed E-state index contributed by atoms with van der Waals surface area (Å²) in [6.45, 7) is 5.92. The Morgan fingerprint density at radius 2 is 1.88 bits per heavy atom. The molecule has 0 radical (unpaired) electrons. The van der Waals surface area contributed by atoms with Crippen LogP contribution in [0.1, 0.15) is 49.5 Å². The Morgan fingerprint density at radius 3 is 2.59 bits per heavy atom. The normalized spacial score (nSPS) is 17.5. The van der Waals surface area contributed by atoms with Crippen molar-refractivity contribution >= 4 is 5.91 Å². The predicted octanol–water partition coefficient (Wildman–Crippen LogP) is 3.84. The number of pyridine rings is 1. The number of hydrogen-bond acceptors (Lipinski definition) is 6. The fourth-order valence-corrected chi connectivity index (χ4v) is 3.64. The molecular formula is C24H29F2N5O3. The van der Waals surface area contributed by atoms with E-state index in [1.165, 1.54) is 23.1 Å². The van der Waals surface area contributed by atoms with Gasteiger partial charge in [-0.15, -0.1) is 0 Å². The average molecular weight is 474 g/mol. The molecule has 4 rings (SSSR count). The molecule has 2 aromatic heterocycles. The lowest BCUT2D eigenvalue weighted by Crippen LogP contribution is -2.44. The number of likely N-dealkylation sites (tertiary alicyclic amines) is 1. The number of hydrogen-bond donors (Lipinski definition) is 1. The Kier molecular flexibility index (Phi) is 8.27. The molecule has 0 spiro atoms. The molecule has 1 aromatic carbocycles. The van der Waals surface area contributed by atoms with Crippen LogP contribution in [0, 0.1) is 0 Å². The molecule has 2 unspecified atom stereocenters. The Labute approximate surface area is 197 Å². The van der Waals surface area contributed by atoms with E-state index in [4.69, 9.17) is 4.74 Å². The summed E-state index contributed by atoms with van der Waals surface area (Å²) in [5.41, 5.74) is -1.24. The Morgan fingerprint density at radius 1 is 1.18 bits per heavy atom. The number of aliphatic hydroxyl groups is 1. The number of carbonyl (C=O) groups is 1. The topological polar surface area (TPSA) is 93.4 Å². The lowest BCUT2D eigenvalue weighted by atomic mass is 9.98. The minimum Gasteiger partial charge on any atom is -0.472 e. The van der Waals surface area contributed by atoms with Crippen LogP contribution in [-0.4, -0.2) is 61.5 Å². The van der Waals surface area contributed by atoms with Gasteiger partial charge >= 0.3 is 0 Å². The van der Waals surface area contributed by atoms with Crippen LogP contribution < -0.4 is 4.74 Å². The Bertz CT molecular complexity index is 1080. The van der Waals surface area contributed by atoms with Gasteiger partial charge in [-0.3, -0.25) is 4.79 Å². The molecule has 182 valence electrons. The van der Waals surface area contributed by atoms with E-state index in [2.05, 4.69) is 15.2 Å². The first kappa shape index (κ1) is 25.2. The van der Waals surface area contributed by atoms with E-state index in [-0.39, 0.29) is 23.5 Å². The number of alkyl halides is 2. The molecule has 1 fully saturated rings. The van der Waals surface area contributed by atoms with Crippen LogP contribution in [0.15, 0.2) is 55.0 Å². The number of para-hydroxylation sites is 1. The van der Waals surface area contributed by atoms with Gasteiger partial charge in [0.25, 0.3) is 12.3 Å². The number of halogens is 2. The second kappa shape index (κ2) is 11.1. The summed E-state index contributed by atoms with van der Waals surface area (Å²) in [5.74, 6) is -0.0441. The van der Waals surface area contributed by atoms with Gasteiger partial charge in [-0.05, 0) is 43.5 Å². The molecule has 3 aromatic rings. The molecule has 0 bridgehead atoms. The second-order valence-corrected chi connectivity index (χ2v) is 7.80. The van der Waals surface area contributed by atoms with Gasteiger partial charge in [0.1, 0.15) is 11.7 Å². The van der Waals surface area contributed by atoms with E-state index in [1.54, 1.807) is 35.5 Å². The van der Waals surface area contributed by atoms with Gasteiger partial charge in [0, 0.05) is 18.8 Å². The molecule has 1 aliphatic rings. The number of amides is 1. The first-order chi connectivity index (χ1) is 16.4. The van der Waals surface area contributed by atoms with E-state index >= 15 is 0 Å². The zero-order valence-electron chi connectivity index (χ0n) is 19.4. The minimum absolute atomic E-state index is 0.0156. The molecule has 1 amide bonds. The number of rotatable bonds is 6. The van der Waals surface area contributed by atoms with Gasteiger partial charge in [-0.1, -0.05) is 26.0 Å². The maximum atomic E-state index is 13.2. The molecule has 8 nitrogen and oxygen atoms in total. The van der Waals surface area contributed by atoms with Crippen molar-refractivity contribution in [2.45, 2.75) is 51.7 Å². The maximum absolute atomic E-state index is 13.2.